The Morgan fingerprint density at radius 2 is 0.481 bits per heavy atom. The highest BCUT2D eigenvalue weighted by Gasteiger charge is 2.50. The number of hydrogen-bond acceptors (Lipinski definition) is 9. The maximum absolute atomic E-state index is 5.42. The Morgan fingerprint density at radius 1 is 0.170 bits per heavy atom. The normalized spacial score (nSPS) is 14.6. The standard InChI is InChI=1S/C44H34N2S.C43H35N3.C39H33N3/c1-43(2)34-17-12-16-33(40(34)32-24-21-28(25-35(32)44(43,3)4)27-13-6-5-7-14-27)42-41(45-36-18-9-10-19-37(36)46-42)29-22-23-31-30-15-8-11-20-38(30)47-39(31)26-29;1-42(2)36-21-13-20-34(29-15-7-5-8-16-29)38(36)35-25-24-33(27-37(35)43(42,3)4)41-45-39(30-17-9-6-10-18-30)44-40(46-41)32-23-22-28-14-11-12-19-31(28)26-32;1-38(2)32-22-14-21-30(26-15-8-5-9-16-26)34(32)31-24-23-29(25-33(31)39(38,3)4)37-41-35(27-17-10-6-11-18-27)40-36(42-37)28-19-12-7-13-20-28/h5-26H,1-4H3;5-27H,1-4H3;5-25H,1-4H3. The molecule has 0 unspecified atom stereocenters. The van der Waals surface area contributed by atoms with E-state index >= 15 is 0 Å². The van der Waals surface area contributed by atoms with E-state index in [-0.39, 0.29) is 32.5 Å². The Kier molecular flexibility index (Phi) is 21.0. The van der Waals surface area contributed by atoms with Gasteiger partial charge in [-0.25, -0.2) is 39.9 Å². The molecule has 8 nitrogen and oxygen atoms in total. The van der Waals surface area contributed by atoms with E-state index in [9.17, 15) is 0 Å². The van der Waals surface area contributed by atoms with Gasteiger partial charge in [0.1, 0.15) is 0 Å². The number of nitrogens with zero attached hydrogens (tertiary/aromatic N) is 8. The number of aromatic nitrogens is 8. The lowest BCUT2D eigenvalue weighted by Crippen LogP contribution is -2.43. The molecule has 24 rings (SSSR count). The molecule has 0 spiro atoms. The van der Waals surface area contributed by atoms with Gasteiger partial charge in [-0.15, -0.1) is 11.3 Å². The van der Waals surface area contributed by atoms with Crippen LogP contribution in [0.1, 0.15) is 116 Å². The first kappa shape index (κ1) is 85.1. The molecule has 9 heteroatoms. The summed E-state index contributed by atoms with van der Waals surface area (Å²) in [5.41, 5.74) is 34.3. The number of rotatable bonds is 11. The third kappa shape index (κ3) is 14.7. The van der Waals surface area contributed by atoms with Crippen molar-refractivity contribution in [3.8, 4) is 158 Å². The topological polar surface area (TPSA) is 103 Å². The minimum Gasteiger partial charge on any atom is -0.244 e. The molecule has 0 saturated heterocycles. The first-order valence-corrected chi connectivity index (χ1v) is 47.7. The second-order valence-electron chi connectivity index (χ2n) is 39.3. The van der Waals surface area contributed by atoms with Gasteiger partial charge in [-0.1, -0.05) is 435 Å². The molecule has 0 atom stereocenters. The van der Waals surface area contributed by atoms with Crippen molar-refractivity contribution in [2.24, 2.45) is 0 Å². The first-order valence-electron chi connectivity index (χ1n) is 46.9. The predicted octanol–water partition coefficient (Wildman–Crippen LogP) is 32.9. The SMILES string of the molecule is CC1(C)c2cc(-c3ccccc3)ccc2-c2c(-c3nc4ccccc4nc3-c3ccc4c(c3)sc3ccccc34)cccc2C1(C)C.CC1(C)c2cc(-c3nc(-c4ccccc4)nc(-c4ccc5ccccc5c4)n3)ccc2-c2c(-c3ccccc3)cccc2C1(C)C.CC1(C)c2cc(-c3nc(-c4ccccc4)nc(-c4ccccc4)n3)ccc2-c2c(-c3ccccc3)cccc2C1(C)C. The summed E-state index contributed by atoms with van der Waals surface area (Å²) in [6, 6.07) is 142. The number of thiophene rings is 1. The van der Waals surface area contributed by atoms with Gasteiger partial charge in [0, 0.05) is 64.7 Å². The van der Waals surface area contributed by atoms with Crippen molar-refractivity contribution in [2.45, 2.75) is 116 Å². The van der Waals surface area contributed by atoms with Crippen LogP contribution in [0.2, 0.25) is 0 Å². The Balaban J connectivity index is 0.000000118. The first-order chi connectivity index (χ1) is 65.5. The average molecular weight is 1760 g/mol. The smallest absolute Gasteiger partial charge is 0.164 e. The molecule has 0 saturated carbocycles. The van der Waals surface area contributed by atoms with Crippen molar-refractivity contribution in [1.82, 2.24) is 39.9 Å². The summed E-state index contributed by atoms with van der Waals surface area (Å²) in [6.07, 6.45) is 0. The van der Waals surface area contributed by atoms with Crippen LogP contribution in [0.15, 0.2) is 400 Å². The summed E-state index contributed by atoms with van der Waals surface area (Å²) >= 11 is 1.84. The van der Waals surface area contributed by atoms with Crippen LogP contribution >= 0.6 is 11.3 Å². The van der Waals surface area contributed by atoms with Gasteiger partial charge in [-0.2, -0.15) is 0 Å². The lowest BCUT2D eigenvalue weighted by molar-refractivity contribution is 0.299. The summed E-state index contributed by atoms with van der Waals surface area (Å²) in [4.78, 5) is 40.9. The lowest BCUT2D eigenvalue weighted by Gasteiger charge is -2.49. The Bertz CT molecular complexity index is 8140. The predicted molar refractivity (Wildman–Crippen MR) is 564 cm³/mol. The minimum absolute atomic E-state index is 0.108. The molecule has 17 aromatic carbocycles. The second-order valence-corrected chi connectivity index (χ2v) is 40.4. The Labute approximate surface area is 794 Å². The zero-order chi connectivity index (χ0) is 92.3. The van der Waals surface area contributed by atoms with E-state index in [2.05, 4.69) is 423 Å². The van der Waals surface area contributed by atoms with E-state index in [1.54, 1.807) is 0 Å². The van der Waals surface area contributed by atoms with Gasteiger partial charge < -0.3 is 0 Å². The van der Waals surface area contributed by atoms with E-state index in [1.165, 1.54) is 126 Å². The van der Waals surface area contributed by atoms with Crippen LogP contribution in [-0.4, -0.2) is 39.9 Å². The summed E-state index contributed by atoms with van der Waals surface area (Å²) in [7, 11) is 0. The Morgan fingerprint density at radius 3 is 0.926 bits per heavy atom. The molecule has 0 N–H and O–H groups in total. The van der Waals surface area contributed by atoms with Gasteiger partial charge in [0.25, 0.3) is 0 Å². The molecule has 0 radical (unpaired) electrons. The van der Waals surface area contributed by atoms with Gasteiger partial charge in [0.2, 0.25) is 0 Å². The molecule has 135 heavy (non-hydrogen) atoms. The van der Waals surface area contributed by atoms with Crippen molar-refractivity contribution in [3.05, 3.63) is 434 Å². The quantitative estimate of drug-likeness (QED) is 0.126. The van der Waals surface area contributed by atoms with E-state index in [0.29, 0.717) is 34.9 Å². The molecule has 652 valence electrons. The lowest BCUT2D eigenvalue weighted by atomic mass is 9.54. The van der Waals surface area contributed by atoms with Gasteiger partial charge in [-0.3, -0.25) is 0 Å². The zero-order valence-electron chi connectivity index (χ0n) is 78.1. The van der Waals surface area contributed by atoms with Crippen molar-refractivity contribution in [1.29, 1.82) is 0 Å². The molecule has 0 bridgehead atoms. The molecule has 3 aliphatic rings. The Hall–Kier alpha value is -15.4. The second kappa shape index (κ2) is 33.4. The van der Waals surface area contributed by atoms with E-state index < -0.39 is 0 Å². The monoisotopic (exact) mass is 1760 g/mol. The van der Waals surface area contributed by atoms with Gasteiger partial charge >= 0.3 is 0 Å². The van der Waals surface area contributed by atoms with Crippen LogP contribution in [0.5, 0.6) is 0 Å². The zero-order valence-corrected chi connectivity index (χ0v) is 78.9. The van der Waals surface area contributed by atoms with Gasteiger partial charge in [0.15, 0.2) is 34.9 Å². The van der Waals surface area contributed by atoms with Crippen molar-refractivity contribution >= 4 is 53.3 Å². The van der Waals surface area contributed by atoms with Crippen LogP contribution in [0.4, 0.5) is 0 Å². The van der Waals surface area contributed by atoms with Crippen LogP contribution in [0.25, 0.3) is 200 Å². The molecule has 21 aromatic rings. The third-order valence-corrected chi connectivity index (χ3v) is 31.6. The molecule has 4 heterocycles. The molecule has 0 amide bonds. The highest BCUT2D eigenvalue weighted by atomic mass is 32.1. The van der Waals surface area contributed by atoms with Crippen molar-refractivity contribution < 1.29 is 0 Å². The van der Waals surface area contributed by atoms with E-state index in [4.69, 9.17) is 39.9 Å². The number of para-hydroxylation sites is 2. The van der Waals surface area contributed by atoms with Crippen LogP contribution in [-0.2, 0) is 32.5 Å². The molecular formula is C126H102N8S. The van der Waals surface area contributed by atoms with Gasteiger partial charge in [-0.05, 0) is 192 Å². The molecular weight excluding hydrogens is 1660 g/mol. The highest BCUT2D eigenvalue weighted by Crippen LogP contribution is 2.61. The van der Waals surface area contributed by atoms with Crippen LogP contribution < -0.4 is 0 Å². The summed E-state index contributed by atoms with van der Waals surface area (Å²) in [6.45, 7) is 28.6. The van der Waals surface area contributed by atoms with Gasteiger partial charge in [0.05, 0.1) is 22.4 Å². The molecule has 0 aliphatic heterocycles. The third-order valence-electron chi connectivity index (χ3n) is 30.4. The fourth-order valence-corrected chi connectivity index (χ4v) is 22.0. The largest absolute Gasteiger partial charge is 0.244 e. The van der Waals surface area contributed by atoms with E-state index in [0.717, 1.165) is 72.3 Å². The molecule has 4 aromatic heterocycles. The fraction of sp³-hybridized carbons (Fsp3) is 0.143. The van der Waals surface area contributed by atoms with Crippen molar-refractivity contribution in [3.63, 3.8) is 0 Å². The number of fused-ring (bicyclic) bond motifs is 14. The number of benzene rings is 17. The molecule has 0 fully saturated rings. The summed E-state index contributed by atoms with van der Waals surface area (Å²) < 4.78 is 2.57. The summed E-state index contributed by atoms with van der Waals surface area (Å²) in [5, 5.41) is 4.94. The maximum atomic E-state index is 5.42. The minimum atomic E-state index is -0.156. The average Bonchev–Trinajstić information content (AvgIpc) is 0.875. The summed E-state index contributed by atoms with van der Waals surface area (Å²) in [5.74, 6) is 4.05. The highest BCUT2D eigenvalue weighted by molar-refractivity contribution is 7.25. The van der Waals surface area contributed by atoms with Crippen molar-refractivity contribution in [2.75, 3.05) is 0 Å². The number of hydrogen-bond donors (Lipinski definition) is 0. The van der Waals surface area contributed by atoms with E-state index in [1.807, 2.05) is 72.0 Å². The fourth-order valence-electron chi connectivity index (χ4n) is 20.8. The van der Waals surface area contributed by atoms with Crippen LogP contribution in [0.3, 0.4) is 0 Å². The molecule has 3 aliphatic carbocycles. The maximum Gasteiger partial charge on any atom is 0.164 e. The van der Waals surface area contributed by atoms with Crippen LogP contribution in [0, 0.1) is 0 Å².